The molecule has 0 bridgehead atoms. The number of hydrogen-bond donors (Lipinski definition) is 1. The molecular weight excluding hydrogens is 340 g/mol. The number of benzene rings is 1. The lowest BCUT2D eigenvalue weighted by Gasteiger charge is -2.13. The number of aromatic nitrogens is 2. The molecule has 2 aromatic rings. The Hall–Kier alpha value is -3.23. The van der Waals surface area contributed by atoms with Crippen LogP contribution in [-0.2, 0) is 4.74 Å². The van der Waals surface area contributed by atoms with E-state index in [0.717, 1.165) is 25.7 Å². The van der Waals surface area contributed by atoms with E-state index in [9.17, 15) is 14.9 Å². The molecule has 26 heavy (non-hydrogen) atoms. The number of rotatable bonds is 6. The maximum absolute atomic E-state index is 11.5. The predicted molar refractivity (Wildman–Crippen MR) is 92.4 cm³/mol. The predicted octanol–water partition coefficient (Wildman–Crippen LogP) is 3.32. The van der Waals surface area contributed by atoms with Gasteiger partial charge in [0.15, 0.2) is 0 Å². The summed E-state index contributed by atoms with van der Waals surface area (Å²) in [4.78, 5) is 30.3. The number of anilines is 1. The molecule has 136 valence electrons. The van der Waals surface area contributed by atoms with E-state index in [4.69, 9.17) is 4.74 Å². The molecule has 1 saturated carbocycles. The summed E-state index contributed by atoms with van der Waals surface area (Å²) in [7, 11) is 1.29. The largest absolute Gasteiger partial charge is 0.465 e. The third kappa shape index (κ3) is 3.88. The molecule has 0 amide bonds. The van der Waals surface area contributed by atoms with Crippen molar-refractivity contribution in [2.45, 2.75) is 31.7 Å². The molecule has 0 spiro atoms. The van der Waals surface area contributed by atoms with Gasteiger partial charge in [-0.1, -0.05) is 12.8 Å². The number of ether oxygens (including phenoxy) is 2. The van der Waals surface area contributed by atoms with Crippen molar-refractivity contribution in [1.29, 1.82) is 0 Å². The quantitative estimate of drug-likeness (QED) is 0.475. The maximum Gasteiger partial charge on any atom is 0.373 e. The Morgan fingerprint density at radius 1 is 1.23 bits per heavy atom. The summed E-state index contributed by atoms with van der Waals surface area (Å²) in [5, 5.41) is 14.6. The fourth-order valence-corrected chi connectivity index (χ4v) is 2.86. The Balaban J connectivity index is 1.84. The summed E-state index contributed by atoms with van der Waals surface area (Å²) < 4.78 is 10.2. The fourth-order valence-electron chi connectivity index (χ4n) is 2.86. The zero-order valence-corrected chi connectivity index (χ0v) is 14.2. The Morgan fingerprint density at radius 3 is 2.54 bits per heavy atom. The van der Waals surface area contributed by atoms with Crippen LogP contribution in [0, 0.1) is 10.1 Å². The molecule has 1 aromatic carbocycles. The Morgan fingerprint density at radius 2 is 1.92 bits per heavy atom. The van der Waals surface area contributed by atoms with Crippen LogP contribution in [0.4, 0.5) is 11.5 Å². The first-order chi connectivity index (χ1) is 12.6. The van der Waals surface area contributed by atoms with Crippen LogP contribution in [0.1, 0.15) is 36.0 Å². The minimum Gasteiger partial charge on any atom is -0.465 e. The van der Waals surface area contributed by atoms with Crippen LogP contribution in [-0.4, -0.2) is 34.0 Å². The van der Waals surface area contributed by atoms with Gasteiger partial charge in [-0.2, -0.15) is 4.98 Å². The van der Waals surface area contributed by atoms with Gasteiger partial charge in [-0.3, -0.25) is 10.1 Å². The smallest absolute Gasteiger partial charge is 0.373 e. The highest BCUT2D eigenvalue weighted by Gasteiger charge is 2.27. The summed E-state index contributed by atoms with van der Waals surface area (Å²) in [6.45, 7) is 0. The van der Waals surface area contributed by atoms with Crippen molar-refractivity contribution in [2.75, 3.05) is 12.4 Å². The van der Waals surface area contributed by atoms with Gasteiger partial charge in [0.25, 0.3) is 0 Å². The molecule has 1 aliphatic rings. The molecule has 1 aromatic heterocycles. The standard InChI is InChI=1S/C17H18N4O5/c1-25-17(22)11-6-8-13(9-7-11)26-16-14(21(23)24)15(18-10-19-16)20-12-4-2-3-5-12/h6-10,12H,2-5H2,1H3,(H,18,19,20). The molecule has 9 heteroatoms. The number of carbonyl (C=O) groups is 1. The molecule has 0 radical (unpaired) electrons. The zero-order valence-electron chi connectivity index (χ0n) is 14.2. The number of methoxy groups -OCH3 is 1. The van der Waals surface area contributed by atoms with Crippen molar-refractivity contribution in [3.63, 3.8) is 0 Å². The highest BCUT2D eigenvalue weighted by Crippen LogP contribution is 2.35. The van der Waals surface area contributed by atoms with Crippen LogP contribution >= 0.6 is 0 Å². The number of hydrogen-bond acceptors (Lipinski definition) is 8. The van der Waals surface area contributed by atoms with Crippen LogP contribution in [0.15, 0.2) is 30.6 Å². The van der Waals surface area contributed by atoms with Crippen molar-refractivity contribution in [2.24, 2.45) is 0 Å². The van der Waals surface area contributed by atoms with Gasteiger partial charge in [-0.25, -0.2) is 9.78 Å². The van der Waals surface area contributed by atoms with Gasteiger partial charge in [0.05, 0.1) is 17.6 Å². The third-order valence-corrected chi connectivity index (χ3v) is 4.16. The molecular formula is C17H18N4O5. The molecule has 0 saturated heterocycles. The van der Waals surface area contributed by atoms with Gasteiger partial charge in [-0.05, 0) is 37.1 Å². The van der Waals surface area contributed by atoms with Gasteiger partial charge in [0.2, 0.25) is 5.82 Å². The molecule has 1 aliphatic carbocycles. The van der Waals surface area contributed by atoms with Crippen molar-refractivity contribution in [3.8, 4) is 11.6 Å². The second kappa shape index (κ2) is 7.77. The lowest BCUT2D eigenvalue weighted by molar-refractivity contribution is -0.385. The Labute approximate surface area is 149 Å². The summed E-state index contributed by atoms with van der Waals surface area (Å²) in [6, 6.07) is 6.21. The van der Waals surface area contributed by atoms with E-state index in [1.807, 2.05) is 0 Å². The van der Waals surface area contributed by atoms with Gasteiger partial charge in [0.1, 0.15) is 12.1 Å². The van der Waals surface area contributed by atoms with E-state index in [1.165, 1.54) is 37.7 Å². The minimum absolute atomic E-state index is 0.151. The summed E-state index contributed by atoms with van der Waals surface area (Å²) >= 11 is 0. The number of nitro groups is 1. The molecule has 0 unspecified atom stereocenters. The minimum atomic E-state index is -0.560. The summed E-state index contributed by atoms with van der Waals surface area (Å²) in [5.74, 6) is -0.173. The lowest BCUT2D eigenvalue weighted by Crippen LogP contribution is -2.17. The average Bonchev–Trinajstić information content (AvgIpc) is 3.14. The van der Waals surface area contributed by atoms with Gasteiger partial charge in [-0.15, -0.1) is 0 Å². The SMILES string of the molecule is COC(=O)c1ccc(Oc2ncnc(NC3CCCC3)c2[N+](=O)[O-])cc1. The normalized spacial score (nSPS) is 14.0. The van der Waals surface area contributed by atoms with E-state index in [0.29, 0.717) is 11.3 Å². The third-order valence-electron chi connectivity index (χ3n) is 4.16. The van der Waals surface area contributed by atoms with E-state index >= 15 is 0 Å². The highest BCUT2D eigenvalue weighted by atomic mass is 16.6. The number of nitrogens with zero attached hydrogens (tertiary/aromatic N) is 3. The molecule has 1 fully saturated rings. The molecule has 0 atom stereocenters. The van der Waals surface area contributed by atoms with Crippen LogP contribution < -0.4 is 10.1 Å². The Bertz CT molecular complexity index is 803. The van der Waals surface area contributed by atoms with Crippen molar-refractivity contribution < 1.29 is 19.2 Å². The van der Waals surface area contributed by atoms with E-state index < -0.39 is 10.9 Å². The molecule has 1 heterocycles. The average molecular weight is 358 g/mol. The van der Waals surface area contributed by atoms with E-state index in [-0.39, 0.29) is 23.4 Å². The number of carbonyl (C=O) groups excluding carboxylic acids is 1. The zero-order chi connectivity index (χ0) is 18.5. The van der Waals surface area contributed by atoms with Crippen molar-refractivity contribution in [1.82, 2.24) is 9.97 Å². The van der Waals surface area contributed by atoms with E-state index in [2.05, 4.69) is 20.0 Å². The van der Waals surface area contributed by atoms with Gasteiger partial charge in [0, 0.05) is 6.04 Å². The molecule has 3 rings (SSSR count). The van der Waals surface area contributed by atoms with Crippen molar-refractivity contribution >= 4 is 17.5 Å². The van der Waals surface area contributed by atoms with Crippen LogP contribution in [0.5, 0.6) is 11.6 Å². The molecule has 9 nitrogen and oxygen atoms in total. The van der Waals surface area contributed by atoms with Crippen LogP contribution in [0.25, 0.3) is 0 Å². The topological polar surface area (TPSA) is 116 Å². The highest BCUT2D eigenvalue weighted by molar-refractivity contribution is 5.89. The monoisotopic (exact) mass is 358 g/mol. The molecule has 0 aliphatic heterocycles. The number of esters is 1. The second-order valence-corrected chi connectivity index (χ2v) is 5.88. The first kappa shape index (κ1) is 17.6. The van der Waals surface area contributed by atoms with Crippen molar-refractivity contribution in [3.05, 3.63) is 46.3 Å². The Kier molecular flexibility index (Phi) is 5.26. The molecule has 1 N–H and O–H groups in total. The van der Waals surface area contributed by atoms with Gasteiger partial charge < -0.3 is 14.8 Å². The summed E-state index contributed by atoms with van der Waals surface area (Å²) in [5.41, 5.74) is 0.0390. The first-order valence-corrected chi connectivity index (χ1v) is 8.20. The fraction of sp³-hybridized carbons (Fsp3) is 0.353. The van der Waals surface area contributed by atoms with Gasteiger partial charge >= 0.3 is 17.5 Å². The maximum atomic E-state index is 11.5. The van der Waals surface area contributed by atoms with E-state index in [1.54, 1.807) is 0 Å². The van der Waals surface area contributed by atoms with Crippen LogP contribution in [0.3, 0.4) is 0 Å². The first-order valence-electron chi connectivity index (χ1n) is 8.20. The summed E-state index contributed by atoms with van der Waals surface area (Å²) in [6.07, 6.45) is 5.31. The lowest BCUT2D eigenvalue weighted by atomic mass is 10.2. The van der Waals surface area contributed by atoms with Crippen LogP contribution in [0.2, 0.25) is 0 Å². The second-order valence-electron chi connectivity index (χ2n) is 5.88. The number of nitrogens with one attached hydrogen (secondary N) is 1.